The number of nitrogens with one attached hydrogen (secondary N) is 1. The first-order valence-electron chi connectivity index (χ1n) is 5.05. The zero-order valence-corrected chi connectivity index (χ0v) is 10.7. The summed E-state index contributed by atoms with van der Waals surface area (Å²) in [6, 6.07) is 0. The number of carbonyl (C=O) groups is 1. The molecule has 0 saturated heterocycles. The summed E-state index contributed by atoms with van der Waals surface area (Å²) in [4.78, 5) is 12.8. The van der Waals surface area contributed by atoms with Crippen LogP contribution in [0.15, 0.2) is 18.6 Å². The second-order valence-corrected chi connectivity index (χ2v) is 5.49. The maximum Gasteiger partial charge on any atom is 0.270 e. The predicted molar refractivity (Wildman–Crippen MR) is 65.8 cm³/mol. The van der Waals surface area contributed by atoms with E-state index < -0.39 is 15.9 Å². The van der Waals surface area contributed by atoms with Crippen LogP contribution in [-0.4, -0.2) is 45.4 Å². The maximum atomic E-state index is 11.7. The molecule has 2 aromatic heterocycles. The number of nitrogen functional groups attached to an aromatic ring is 1. The molecule has 0 amide bonds. The fourth-order valence-electron chi connectivity index (χ4n) is 1.28. The van der Waals surface area contributed by atoms with Gasteiger partial charge < -0.3 is 5.73 Å². The van der Waals surface area contributed by atoms with Crippen molar-refractivity contribution in [1.82, 2.24) is 24.8 Å². The highest BCUT2D eigenvalue weighted by Gasteiger charge is 2.11. The maximum absolute atomic E-state index is 11.7. The number of hydrogen-bond donors (Lipinski definition) is 2. The van der Waals surface area contributed by atoms with E-state index >= 15 is 0 Å². The van der Waals surface area contributed by atoms with Crippen LogP contribution in [0.2, 0.25) is 0 Å². The third-order valence-corrected chi connectivity index (χ3v) is 2.54. The molecule has 19 heavy (non-hydrogen) atoms. The molecule has 2 aromatic rings. The lowest BCUT2D eigenvalue weighted by Crippen LogP contribution is -2.20. The van der Waals surface area contributed by atoms with Gasteiger partial charge in [0.05, 0.1) is 30.5 Å². The van der Waals surface area contributed by atoms with E-state index in [1.807, 2.05) is 0 Å². The minimum absolute atomic E-state index is 0.0373. The molecule has 3 N–H and O–H groups in total. The highest BCUT2D eigenvalue weighted by atomic mass is 32.2. The van der Waals surface area contributed by atoms with E-state index in [1.54, 1.807) is 0 Å². The summed E-state index contributed by atoms with van der Waals surface area (Å²) in [6.07, 6.45) is 4.89. The van der Waals surface area contributed by atoms with Gasteiger partial charge in [-0.15, -0.1) is 5.10 Å². The average molecular weight is 285 g/mol. The fraction of sp³-hybridized carbons (Fsp3) is 0.250. The molecule has 10 nitrogen and oxygen atoms in total. The van der Waals surface area contributed by atoms with Gasteiger partial charge in [-0.3, -0.25) is 9.52 Å². The molecule has 0 aliphatic heterocycles. The second-order valence-electron chi connectivity index (χ2n) is 3.75. The summed E-state index contributed by atoms with van der Waals surface area (Å²) >= 11 is 0. The number of anilines is 2. The highest BCUT2D eigenvalue weighted by molar-refractivity contribution is 7.92. The van der Waals surface area contributed by atoms with Gasteiger partial charge >= 0.3 is 0 Å². The van der Waals surface area contributed by atoms with Gasteiger partial charge in [0.2, 0.25) is 10.0 Å². The van der Waals surface area contributed by atoms with Crippen molar-refractivity contribution in [3.05, 3.63) is 18.6 Å². The van der Waals surface area contributed by atoms with Gasteiger partial charge in [-0.05, 0) is 0 Å². The largest absolute Gasteiger partial charge is 0.396 e. The van der Waals surface area contributed by atoms with Gasteiger partial charge in [-0.2, -0.15) is 15.0 Å². The average Bonchev–Trinajstić information content (AvgIpc) is 2.85. The van der Waals surface area contributed by atoms with Crippen molar-refractivity contribution < 1.29 is 13.2 Å². The van der Waals surface area contributed by atoms with Crippen LogP contribution in [0.1, 0.15) is 4.79 Å². The SMILES string of the molecule is CS(=O)(=O)Nc1cnn(CC(=O)n2cc(N)cn2)n1. The molecule has 2 heterocycles. The molecule has 102 valence electrons. The third kappa shape index (κ3) is 3.51. The quantitative estimate of drug-likeness (QED) is 0.717. The Hall–Kier alpha value is -2.43. The number of nitrogens with zero attached hydrogens (tertiary/aromatic N) is 5. The Morgan fingerprint density at radius 3 is 2.74 bits per heavy atom. The zero-order valence-electron chi connectivity index (χ0n) is 9.89. The van der Waals surface area contributed by atoms with Crippen molar-refractivity contribution in [2.75, 3.05) is 16.7 Å². The summed E-state index contributed by atoms with van der Waals surface area (Å²) in [5, 5.41) is 11.3. The molecule has 0 bridgehead atoms. The number of nitrogens with two attached hydrogens (primary N) is 1. The van der Waals surface area contributed by atoms with E-state index in [4.69, 9.17) is 5.73 Å². The Morgan fingerprint density at radius 1 is 1.42 bits per heavy atom. The number of carbonyl (C=O) groups excluding carboxylic acids is 1. The van der Waals surface area contributed by atoms with Gasteiger partial charge in [0.15, 0.2) is 5.82 Å². The van der Waals surface area contributed by atoms with Crippen molar-refractivity contribution >= 4 is 27.4 Å². The van der Waals surface area contributed by atoms with E-state index in [9.17, 15) is 13.2 Å². The molecule has 0 radical (unpaired) electrons. The van der Waals surface area contributed by atoms with Crippen LogP contribution in [0, 0.1) is 0 Å². The van der Waals surface area contributed by atoms with Gasteiger partial charge in [-0.25, -0.2) is 13.1 Å². The Morgan fingerprint density at radius 2 is 2.16 bits per heavy atom. The number of aromatic nitrogens is 5. The number of rotatable bonds is 4. The summed E-state index contributed by atoms with van der Waals surface area (Å²) in [7, 11) is -3.43. The Bertz CT molecular complexity index is 702. The standard InChI is InChI=1S/C8H11N7O3S/c1-19(17,18)13-7-3-11-15(12-7)5-8(16)14-4-6(9)2-10-14/h2-4H,5,9H2,1H3,(H,12,13). The van der Waals surface area contributed by atoms with Crippen LogP contribution in [0.4, 0.5) is 11.5 Å². The molecule has 0 spiro atoms. The first-order valence-corrected chi connectivity index (χ1v) is 6.94. The number of hydrogen-bond acceptors (Lipinski definition) is 7. The van der Waals surface area contributed by atoms with E-state index in [2.05, 4.69) is 20.0 Å². The van der Waals surface area contributed by atoms with Crippen molar-refractivity contribution in [3.63, 3.8) is 0 Å². The van der Waals surface area contributed by atoms with Crippen LogP contribution in [0.25, 0.3) is 0 Å². The molecular formula is C8H11N7O3S. The predicted octanol–water partition coefficient (Wildman–Crippen LogP) is -1.23. The van der Waals surface area contributed by atoms with E-state index in [1.165, 1.54) is 18.6 Å². The number of sulfonamides is 1. The molecule has 0 unspecified atom stereocenters. The molecule has 11 heteroatoms. The van der Waals surface area contributed by atoms with E-state index in [0.717, 1.165) is 15.7 Å². The lowest BCUT2D eigenvalue weighted by Gasteiger charge is -1.99. The van der Waals surface area contributed by atoms with Crippen molar-refractivity contribution in [3.8, 4) is 0 Å². The summed E-state index contributed by atoms with van der Waals surface area (Å²) in [5.41, 5.74) is 5.80. The van der Waals surface area contributed by atoms with Gasteiger partial charge in [0, 0.05) is 0 Å². The van der Waals surface area contributed by atoms with Crippen LogP contribution < -0.4 is 10.5 Å². The molecule has 0 saturated carbocycles. The van der Waals surface area contributed by atoms with Crippen molar-refractivity contribution in [1.29, 1.82) is 0 Å². The Balaban J connectivity index is 2.06. The molecule has 0 fully saturated rings. The monoisotopic (exact) mass is 285 g/mol. The first-order chi connectivity index (χ1) is 8.83. The topological polar surface area (TPSA) is 138 Å². The van der Waals surface area contributed by atoms with E-state index in [0.29, 0.717) is 5.69 Å². The van der Waals surface area contributed by atoms with Gasteiger partial charge in [-0.1, -0.05) is 0 Å². The van der Waals surface area contributed by atoms with Gasteiger partial charge in [0.1, 0.15) is 6.54 Å². The third-order valence-electron chi connectivity index (χ3n) is 1.96. The fourth-order valence-corrected chi connectivity index (χ4v) is 1.75. The Kier molecular flexibility index (Phi) is 3.21. The summed E-state index contributed by atoms with van der Waals surface area (Å²) < 4.78 is 25.1. The summed E-state index contributed by atoms with van der Waals surface area (Å²) in [6.45, 7) is -0.188. The van der Waals surface area contributed by atoms with Crippen LogP contribution >= 0.6 is 0 Å². The molecule has 2 rings (SSSR count). The minimum Gasteiger partial charge on any atom is -0.396 e. The lowest BCUT2D eigenvalue weighted by molar-refractivity contribution is 0.0864. The normalized spacial score (nSPS) is 11.4. The molecule has 0 aliphatic rings. The van der Waals surface area contributed by atoms with Crippen molar-refractivity contribution in [2.45, 2.75) is 6.54 Å². The van der Waals surface area contributed by atoms with Crippen LogP contribution in [-0.2, 0) is 16.6 Å². The molecular weight excluding hydrogens is 274 g/mol. The summed E-state index contributed by atoms with van der Waals surface area (Å²) in [5.74, 6) is -0.367. The van der Waals surface area contributed by atoms with Gasteiger partial charge in [0.25, 0.3) is 5.91 Å². The highest BCUT2D eigenvalue weighted by Crippen LogP contribution is 2.02. The minimum atomic E-state index is -3.43. The molecule has 0 aromatic carbocycles. The van der Waals surface area contributed by atoms with Crippen LogP contribution in [0.5, 0.6) is 0 Å². The van der Waals surface area contributed by atoms with Crippen LogP contribution in [0.3, 0.4) is 0 Å². The van der Waals surface area contributed by atoms with Crippen molar-refractivity contribution in [2.24, 2.45) is 0 Å². The smallest absolute Gasteiger partial charge is 0.270 e. The molecule has 0 atom stereocenters. The first kappa shape index (κ1) is 13.0. The second kappa shape index (κ2) is 4.68. The lowest BCUT2D eigenvalue weighted by atomic mass is 10.6. The zero-order chi connectivity index (χ0) is 14.0. The van der Waals surface area contributed by atoms with E-state index in [-0.39, 0.29) is 12.4 Å². The Labute approximate surface area is 108 Å². The molecule has 0 aliphatic carbocycles.